The number of halogens is 1. The van der Waals surface area contributed by atoms with Crippen LogP contribution in [0.2, 0.25) is 0 Å². The second-order valence-electron chi connectivity index (χ2n) is 24.6. The van der Waals surface area contributed by atoms with Crippen molar-refractivity contribution in [1.29, 1.82) is 0 Å². The highest BCUT2D eigenvalue weighted by molar-refractivity contribution is 14.0. The minimum atomic E-state index is -1.38. The van der Waals surface area contributed by atoms with E-state index in [4.69, 9.17) is 23.7 Å². The summed E-state index contributed by atoms with van der Waals surface area (Å²) >= 11 is 0. The van der Waals surface area contributed by atoms with Crippen molar-refractivity contribution in [2.75, 3.05) is 48.7 Å². The summed E-state index contributed by atoms with van der Waals surface area (Å²) in [5.74, 6) is -0.0968. The first-order chi connectivity index (χ1) is 47.4. The zero-order chi connectivity index (χ0) is 72.1. The third kappa shape index (κ3) is 16.3. The lowest BCUT2D eigenvalue weighted by Crippen LogP contribution is -2.43. The summed E-state index contributed by atoms with van der Waals surface area (Å²) in [6, 6.07) is 28.2. The molecule has 0 spiro atoms. The van der Waals surface area contributed by atoms with Gasteiger partial charge in [0.05, 0.1) is 0 Å². The van der Waals surface area contributed by atoms with Crippen molar-refractivity contribution in [2.45, 2.75) is 126 Å². The quantitative estimate of drug-likeness (QED) is 0.0529. The Bertz CT molecular complexity index is 4750. The summed E-state index contributed by atoms with van der Waals surface area (Å²) in [4.78, 5) is 121. The Morgan fingerprint density at radius 2 is 0.939 bits per heavy atom. The molecule has 2 aliphatic heterocycles. The van der Waals surface area contributed by atoms with E-state index in [2.05, 4.69) is 47.6 Å². The van der Waals surface area contributed by atoms with Crippen LogP contribution in [0.15, 0.2) is 154 Å². The molecule has 3 amide bonds. The van der Waals surface area contributed by atoms with E-state index in [1.807, 2.05) is 96.8 Å². The number of benzene rings is 2. The standard InChI is InChI=1S/C34H37N9O4.C21H26N6O.C13H13N3O4.C2H6.CH4.HI/c1-20(2)32(45)40-15-12-23(13-16-40)27-17-25(29-30(35)37-19-38-43(27)29)22-8-10-24(11-9-22)39-31(44)26-18-41(21(3)4)34(47)42(33(26)46)28-7-5-6-14-36-28;1-13(2)21(28)26-9-7-15(8-10-26)18-11-17(14-3-5-16(22)6-4-14)19-20(23)24-12-25-27(18)19;1-8(2)15-7-9(12(18)19)11(17)16(13(15)20)10-5-3-4-6-14-10;1-2;;/h5-11,14,17-21,23H,12-13,15-16H2,1-4H3,(H,39,44)(H2,35,37,38);3-6,11-13,15H,7-10,22H2,1-2H3,(H2,23,24,25);3-8H,1-2H3,(H,18,19);1-2H3;1H4;1H/i;;;;1D;. The molecule has 2 fully saturated rings. The topological polar surface area (TPSA) is 359 Å². The minimum absolute atomic E-state index is 0. The fourth-order valence-corrected chi connectivity index (χ4v) is 11.9. The Hall–Kier alpha value is -10.7. The molecule has 2 aliphatic rings. The van der Waals surface area contributed by atoms with Crippen molar-refractivity contribution in [3.63, 3.8) is 0 Å². The minimum Gasteiger partial charge on any atom is -0.477 e. The number of nitrogen functional groups attached to an aromatic ring is 3. The maximum absolute atomic E-state index is 13.4. The molecule has 28 heteroatoms. The van der Waals surface area contributed by atoms with Gasteiger partial charge in [0.2, 0.25) is 11.8 Å². The molecule has 0 saturated carbocycles. The van der Waals surface area contributed by atoms with Gasteiger partial charge in [-0.3, -0.25) is 33.1 Å². The van der Waals surface area contributed by atoms with Gasteiger partial charge >= 0.3 is 17.3 Å². The first-order valence-electron chi connectivity index (χ1n) is 33.4. The lowest BCUT2D eigenvalue weighted by molar-refractivity contribution is -0.136. The number of nitrogens with two attached hydrogens (primary N) is 3. The molecule has 0 aliphatic carbocycles. The molecule has 0 radical (unpaired) electrons. The van der Waals surface area contributed by atoms with Gasteiger partial charge in [-0.2, -0.15) is 10.2 Å². The number of carbonyl (C=O) groups excluding carboxylic acids is 3. The lowest BCUT2D eigenvalue weighted by atomic mass is 9.92. The maximum Gasteiger partial charge on any atom is 0.342 e. The Balaban J connectivity index is 0.000000225. The van der Waals surface area contributed by atoms with Gasteiger partial charge < -0.3 is 37.4 Å². The zero-order valence-electron chi connectivity index (χ0n) is 58.4. The molecule has 8 N–H and O–H groups in total. The number of hydrogen-bond acceptors (Lipinski definition) is 17. The molecular weight excluding hydrogens is 1380 g/mol. The fraction of sp³-hybridized carbons (Fsp3) is 0.352. The average molecular weight is 1460 g/mol. The summed E-state index contributed by atoms with van der Waals surface area (Å²) in [6.07, 6.45) is 11.6. The lowest BCUT2D eigenvalue weighted by Gasteiger charge is -2.33. The number of aromatic carboxylic acids is 1. The SMILES string of the molecule is CC.CC(C)C(=O)N1CCC(c2cc(-c3ccc(N)cc3)c3c(N)ncnn23)CC1.CC(C)C(=O)N1CCC(c2cc(-c3ccc(NC(=O)c4cn(C(C)C)c(=O)n(-c5ccccn5)c4=O)cc3)c3c(N)ncnn23)CC1.CC(C)n1cc(C(=O)O)c(=O)n(-c2ccccn2)c1=O.I.[2H]C. The van der Waals surface area contributed by atoms with E-state index in [-0.39, 0.29) is 82.8 Å². The van der Waals surface area contributed by atoms with E-state index in [9.17, 15) is 38.4 Å². The van der Waals surface area contributed by atoms with Crippen molar-refractivity contribution >= 4 is 81.7 Å². The fourth-order valence-electron chi connectivity index (χ4n) is 11.9. The molecular formula is C71H87IN18O9. The largest absolute Gasteiger partial charge is 0.477 e. The number of nitrogens with one attached hydrogen (secondary N) is 1. The van der Waals surface area contributed by atoms with Crippen molar-refractivity contribution < 1.29 is 25.7 Å². The Kier molecular flexibility index (Phi) is 24.8. The zero-order valence-corrected chi connectivity index (χ0v) is 59.8. The van der Waals surface area contributed by atoms with E-state index in [1.54, 1.807) is 70.2 Å². The average Bonchev–Trinajstić information content (AvgIpc) is 1.55. The number of hydrogen-bond donors (Lipinski definition) is 5. The Morgan fingerprint density at radius 3 is 1.30 bits per heavy atom. The number of nitrogens with zero attached hydrogens (tertiary/aromatic N) is 14. The predicted molar refractivity (Wildman–Crippen MR) is 394 cm³/mol. The number of aromatic nitrogens is 12. The molecule has 0 atom stereocenters. The Morgan fingerprint density at radius 1 is 0.556 bits per heavy atom. The number of piperidine rings is 2. The third-order valence-electron chi connectivity index (χ3n) is 16.9. The summed E-state index contributed by atoms with van der Waals surface area (Å²) in [5.41, 5.74) is 23.4. The van der Waals surface area contributed by atoms with Crippen LogP contribution >= 0.6 is 24.0 Å². The molecule has 2 saturated heterocycles. The van der Waals surface area contributed by atoms with Crippen LogP contribution in [0.5, 0.6) is 0 Å². The van der Waals surface area contributed by atoms with E-state index >= 15 is 0 Å². The van der Waals surface area contributed by atoms with Crippen molar-refractivity contribution in [2.24, 2.45) is 11.8 Å². The summed E-state index contributed by atoms with van der Waals surface area (Å²) in [6.45, 7) is 21.7. The highest BCUT2D eigenvalue weighted by atomic mass is 127. The molecule has 12 rings (SSSR count). The van der Waals surface area contributed by atoms with Crippen molar-refractivity contribution in [3.05, 3.63) is 199 Å². The van der Waals surface area contributed by atoms with Crippen LogP contribution in [-0.2, 0) is 9.59 Å². The second-order valence-corrected chi connectivity index (χ2v) is 24.6. The van der Waals surface area contributed by atoms with E-state index in [1.165, 1.54) is 53.8 Å². The van der Waals surface area contributed by atoms with Gasteiger partial charge in [-0.05, 0) is 125 Å². The molecule has 8 aromatic heterocycles. The molecule has 99 heavy (non-hydrogen) atoms. The number of pyridine rings is 2. The molecule has 27 nitrogen and oxygen atoms in total. The normalized spacial score (nSPS) is 13.3. The van der Waals surface area contributed by atoms with Crippen LogP contribution < -0.4 is 45.0 Å². The van der Waals surface area contributed by atoms with Crippen LogP contribution in [0.25, 0.3) is 44.9 Å². The second kappa shape index (κ2) is 33.1. The van der Waals surface area contributed by atoms with Crippen molar-refractivity contribution in [3.8, 4) is 33.9 Å². The van der Waals surface area contributed by atoms with Crippen LogP contribution in [0.1, 0.15) is 160 Å². The molecule has 2 aromatic carbocycles. The highest BCUT2D eigenvalue weighted by Crippen LogP contribution is 2.39. The number of rotatable bonds is 13. The van der Waals surface area contributed by atoms with Crippen molar-refractivity contribution in [1.82, 2.24) is 67.2 Å². The third-order valence-corrected chi connectivity index (χ3v) is 16.9. The summed E-state index contributed by atoms with van der Waals surface area (Å²) in [7, 11) is 1.25. The van der Waals surface area contributed by atoms with Crippen LogP contribution in [0.4, 0.5) is 23.0 Å². The summed E-state index contributed by atoms with van der Waals surface area (Å²) < 4.78 is 13.7. The number of fused-ring (bicyclic) bond motifs is 2. The van der Waals surface area contributed by atoms with Gasteiger partial charge in [0.1, 0.15) is 46.5 Å². The maximum atomic E-state index is 13.4. The van der Waals surface area contributed by atoms with Gasteiger partial charge in [0.25, 0.3) is 17.0 Å². The molecule has 10 heterocycles. The molecule has 10 aromatic rings. The number of carboxylic acids is 1. The molecule has 0 unspecified atom stereocenters. The predicted octanol–water partition coefficient (Wildman–Crippen LogP) is 9.76. The van der Waals surface area contributed by atoms with Crippen LogP contribution in [-0.4, -0.2) is 122 Å². The van der Waals surface area contributed by atoms with E-state index in [0.29, 0.717) is 41.8 Å². The number of anilines is 4. The van der Waals surface area contributed by atoms with Crippen LogP contribution in [0, 0.1) is 11.8 Å². The van der Waals surface area contributed by atoms with Gasteiger partial charge in [-0.15, -0.1) is 24.0 Å². The smallest absolute Gasteiger partial charge is 0.342 e. The molecule has 522 valence electrons. The van der Waals surface area contributed by atoms with Crippen LogP contribution in [0.3, 0.4) is 0 Å². The van der Waals surface area contributed by atoms with E-state index < -0.39 is 39.9 Å². The highest BCUT2D eigenvalue weighted by Gasteiger charge is 2.31. The number of likely N-dealkylation sites (tertiary alicyclic amines) is 2. The first-order valence-corrected chi connectivity index (χ1v) is 32.4. The number of carboxylic acid groups (broad SMARTS) is 1. The molecule has 0 bridgehead atoms. The number of carbonyl (C=O) groups is 4. The van der Waals surface area contributed by atoms with Gasteiger partial charge in [0.15, 0.2) is 11.6 Å². The number of amides is 3. The van der Waals surface area contributed by atoms with Gasteiger partial charge in [0, 0.05) is 122 Å². The Labute approximate surface area is 590 Å². The van der Waals surface area contributed by atoms with Gasteiger partial charge in [-0.1, -0.05) is 85.3 Å². The van der Waals surface area contributed by atoms with Gasteiger partial charge in [-0.25, -0.2) is 52.5 Å². The van der Waals surface area contributed by atoms with E-state index in [0.717, 1.165) is 98.9 Å². The summed E-state index contributed by atoms with van der Waals surface area (Å²) in [5, 5.41) is 20.9. The monoisotopic (exact) mass is 1460 g/mol. The first kappa shape index (κ1) is 74.1.